The average Bonchev–Trinajstić information content (AvgIpc) is 2.77. The molecule has 1 aliphatic heterocycles. The molecule has 0 spiro atoms. The van der Waals surface area contributed by atoms with Gasteiger partial charge >= 0.3 is 0 Å². The molecule has 0 amide bonds. The Morgan fingerprint density at radius 3 is 2.82 bits per heavy atom. The van der Waals surface area contributed by atoms with Crippen molar-refractivity contribution in [3.05, 3.63) is 18.1 Å². The molecule has 6 nitrogen and oxygen atoms in total. The molecule has 0 atom stereocenters. The summed E-state index contributed by atoms with van der Waals surface area (Å²) < 4.78 is 1.72. The number of hydrogen-bond acceptors (Lipinski definition) is 5. The molecule has 3 heterocycles. The van der Waals surface area contributed by atoms with E-state index in [4.69, 9.17) is 0 Å². The van der Waals surface area contributed by atoms with Crippen LogP contribution in [-0.4, -0.2) is 38.5 Å². The molecule has 0 aliphatic carbocycles. The fourth-order valence-electron chi connectivity index (χ4n) is 2.12. The van der Waals surface area contributed by atoms with Gasteiger partial charge in [0.05, 0.1) is 0 Å². The lowest BCUT2D eigenvalue weighted by atomic mass is 10.1. The van der Waals surface area contributed by atoms with Crippen molar-refractivity contribution in [1.29, 1.82) is 0 Å². The van der Waals surface area contributed by atoms with Gasteiger partial charge in [0.25, 0.3) is 5.78 Å². The number of fused-ring (bicyclic) bond motifs is 1. The summed E-state index contributed by atoms with van der Waals surface area (Å²) in [6, 6.07) is 1.98. The van der Waals surface area contributed by atoms with E-state index in [0.29, 0.717) is 24.4 Å². The highest BCUT2D eigenvalue weighted by atomic mass is 16.1. The second-order valence-electron chi connectivity index (χ2n) is 4.25. The average molecular weight is 231 g/mol. The van der Waals surface area contributed by atoms with Crippen LogP contribution in [0.4, 0.5) is 5.82 Å². The number of rotatable bonds is 1. The van der Waals surface area contributed by atoms with Crippen molar-refractivity contribution >= 4 is 17.4 Å². The molecule has 0 N–H and O–H groups in total. The Morgan fingerprint density at radius 2 is 2.06 bits per heavy atom. The summed E-state index contributed by atoms with van der Waals surface area (Å²) in [7, 11) is 0. The summed E-state index contributed by atoms with van der Waals surface area (Å²) in [4.78, 5) is 21.8. The molecular weight excluding hydrogens is 218 g/mol. The number of carbonyl (C=O) groups is 1. The highest BCUT2D eigenvalue weighted by Crippen LogP contribution is 2.19. The molecule has 1 aliphatic rings. The molecule has 0 bridgehead atoms. The van der Waals surface area contributed by atoms with Crippen LogP contribution in [0.5, 0.6) is 0 Å². The number of carbonyl (C=O) groups excluding carboxylic acids is 1. The van der Waals surface area contributed by atoms with Gasteiger partial charge in [0.15, 0.2) is 0 Å². The summed E-state index contributed by atoms with van der Waals surface area (Å²) in [5.41, 5.74) is 0.914. The zero-order valence-corrected chi connectivity index (χ0v) is 9.63. The molecule has 2 aromatic rings. The van der Waals surface area contributed by atoms with Crippen molar-refractivity contribution in [1.82, 2.24) is 19.6 Å². The minimum atomic E-state index is 0.335. The Bertz CT molecular complexity index is 566. The third-order valence-electron chi connectivity index (χ3n) is 3.01. The van der Waals surface area contributed by atoms with E-state index in [1.807, 2.05) is 13.0 Å². The maximum atomic E-state index is 11.2. The van der Waals surface area contributed by atoms with E-state index in [2.05, 4.69) is 20.0 Å². The molecule has 6 heteroatoms. The van der Waals surface area contributed by atoms with E-state index in [1.165, 1.54) is 6.33 Å². The number of ketones is 1. The van der Waals surface area contributed by atoms with E-state index in [0.717, 1.165) is 24.6 Å². The predicted octanol–water partition coefficient (Wildman–Crippen LogP) is 0.602. The lowest BCUT2D eigenvalue weighted by Crippen LogP contribution is -2.35. The second kappa shape index (κ2) is 3.80. The van der Waals surface area contributed by atoms with Crippen LogP contribution in [0.1, 0.15) is 18.5 Å². The SMILES string of the molecule is Cc1cc(N2CCC(=O)CC2)n2ncnc2n1. The number of hydrogen-bond donors (Lipinski definition) is 0. The zero-order valence-electron chi connectivity index (χ0n) is 9.63. The van der Waals surface area contributed by atoms with Crippen LogP contribution in [0.15, 0.2) is 12.4 Å². The molecule has 17 heavy (non-hydrogen) atoms. The Hall–Kier alpha value is -1.98. The normalized spacial score (nSPS) is 16.8. The fourth-order valence-corrected chi connectivity index (χ4v) is 2.12. The first-order valence-electron chi connectivity index (χ1n) is 5.68. The lowest BCUT2D eigenvalue weighted by molar-refractivity contribution is -0.119. The van der Waals surface area contributed by atoms with Crippen molar-refractivity contribution in [2.75, 3.05) is 18.0 Å². The Kier molecular flexibility index (Phi) is 2.28. The monoisotopic (exact) mass is 231 g/mol. The minimum absolute atomic E-state index is 0.335. The van der Waals surface area contributed by atoms with E-state index >= 15 is 0 Å². The smallest absolute Gasteiger partial charge is 0.254 e. The van der Waals surface area contributed by atoms with Crippen molar-refractivity contribution < 1.29 is 4.79 Å². The van der Waals surface area contributed by atoms with Crippen LogP contribution in [0.3, 0.4) is 0 Å². The first kappa shape index (κ1) is 10.2. The number of anilines is 1. The van der Waals surface area contributed by atoms with Crippen LogP contribution in [0, 0.1) is 6.92 Å². The molecule has 0 unspecified atom stereocenters. The first-order valence-corrected chi connectivity index (χ1v) is 5.68. The first-order chi connectivity index (χ1) is 8.24. The second-order valence-corrected chi connectivity index (χ2v) is 4.25. The fraction of sp³-hybridized carbons (Fsp3) is 0.455. The molecule has 3 rings (SSSR count). The van der Waals surface area contributed by atoms with Gasteiger partial charge in [-0.25, -0.2) is 4.98 Å². The van der Waals surface area contributed by atoms with Crippen LogP contribution < -0.4 is 4.90 Å². The molecule has 0 aromatic carbocycles. The summed E-state index contributed by atoms with van der Waals surface area (Å²) in [5, 5.41) is 4.17. The summed E-state index contributed by atoms with van der Waals surface area (Å²) in [6.07, 6.45) is 2.72. The molecule has 0 radical (unpaired) electrons. The Labute approximate surface area is 98.3 Å². The van der Waals surface area contributed by atoms with Gasteiger partial charge in [0, 0.05) is 37.7 Å². The third-order valence-corrected chi connectivity index (χ3v) is 3.01. The van der Waals surface area contributed by atoms with Gasteiger partial charge in [-0.15, -0.1) is 0 Å². The van der Waals surface area contributed by atoms with Crippen molar-refractivity contribution in [3.63, 3.8) is 0 Å². The molecule has 2 aromatic heterocycles. The molecule has 1 saturated heterocycles. The Morgan fingerprint density at radius 1 is 1.29 bits per heavy atom. The van der Waals surface area contributed by atoms with E-state index in [1.54, 1.807) is 4.52 Å². The van der Waals surface area contributed by atoms with Gasteiger partial charge < -0.3 is 4.90 Å². The number of aromatic nitrogens is 4. The molecule has 88 valence electrons. The van der Waals surface area contributed by atoms with Crippen LogP contribution >= 0.6 is 0 Å². The summed E-state index contributed by atoms with van der Waals surface area (Å²) >= 11 is 0. The van der Waals surface area contributed by atoms with Crippen molar-refractivity contribution in [3.8, 4) is 0 Å². The molecule has 1 fully saturated rings. The van der Waals surface area contributed by atoms with Crippen LogP contribution in [0.2, 0.25) is 0 Å². The quantitative estimate of drug-likeness (QED) is 0.719. The van der Waals surface area contributed by atoms with Crippen molar-refractivity contribution in [2.45, 2.75) is 19.8 Å². The predicted molar refractivity (Wildman–Crippen MR) is 62.0 cm³/mol. The van der Waals surface area contributed by atoms with Gasteiger partial charge in [-0.1, -0.05) is 0 Å². The van der Waals surface area contributed by atoms with E-state index in [-0.39, 0.29) is 0 Å². The number of piperidine rings is 1. The molecule has 0 saturated carbocycles. The Balaban J connectivity index is 2.04. The van der Waals surface area contributed by atoms with Gasteiger partial charge in [-0.2, -0.15) is 14.6 Å². The number of Topliss-reactive ketones (excluding diaryl/α,β-unsaturated/α-hetero) is 1. The topological polar surface area (TPSA) is 63.4 Å². The van der Waals surface area contributed by atoms with Gasteiger partial charge in [0.2, 0.25) is 0 Å². The molecular formula is C11H13N5O. The van der Waals surface area contributed by atoms with E-state index in [9.17, 15) is 4.79 Å². The van der Waals surface area contributed by atoms with Gasteiger partial charge in [0.1, 0.15) is 17.9 Å². The summed E-state index contributed by atoms with van der Waals surface area (Å²) in [6.45, 7) is 3.43. The zero-order chi connectivity index (χ0) is 11.8. The van der Waals surface area contributed by atoms with Gasteiger partial charge in [-0.05, 0) is 6.92 Å². The minimum Gasteiger partial charge on any atom is -0.356 e. The third kappa shape index (κ3) is 1.75. The lowest BCUT2D eigenvalue weighted by Gasteiger charge is -2.28. The van der Waals surface area contributed by atoms with Crippen LogP contribution in [0.25, 0.3) is 5.78 Å². The highest BCUT2D eigenvalue weighted by molar-refractivity contribution is 5.80. The van der Waals surface area contributed by atoms with Gasteiger partial charge in [-0.3, -0.25) is 4.79 Å². The van der Waals surface area contributed by atoms with Crippen LogP contribution in [-0.2, 0) is 4.79 Å². The summed E-state index contributed by atoms with van der Waals surface area (Å²) in [5.74, 6) is 1.91. The highest BCUT2D eigenvalue weighted by Gasteiger charge is 2.19. The largest absolute Gasteiger partial charge is 0.356 e. The maximum Gasteiger partial charge on any atom is 0.254 e. The number of nitrogens with zero attached hydrogens (tertiary/aromatic N) is 5. The number of aryl methyl sites for hydroxylation is 1. The van der Waals surface area contributed by atoms with Crippen molar-refractivity contribution in [2.24, 2.45) is 0 Å². The maximum absolute atomic E-state index is 11.2. The standard InChI is InChI=1S/C11H13N5O/c1-8-6-10(15-4-2-9(17)3-5-15)16-11(14-8)12-7-13-16/h6-7H,2-5H2,1H3. The van der Waals surface area contributed by atoms with E-state index < -0.39 is 0 Å².